The van der Waals surface area contributed by atoms with E-state index in [9.17, 15) is 4.79 Å². The number of para-hydroxylation sites is 2. The predicted molar refractivity (Wildman–Crippen MR) is 115 cm³/mol. The molecule has 1 saturated heterocycles. The molecule has 1 N–H and O–H groups in total. The molecule has 2 aliphatic rings. The second kappa shape index (κ2) is 8.54. The summed E-state index contributed by atoms with van der Waals surface area (Å²) < 4.78 is 2.47. The van der Waals surface area contributed by atoms with Gasteiger partial charge in [0.05, 0.1) is 17.0 Å². The molecule has 4 rings (SSSR count). The third-order valence-corrected chi connectivity index (χ3v) is 6.36. The number of piperidine rings is 1. The minimum atomic E-state index is 0.0674. The van der Waals surface area contributed by atoms with E-state index in [2.05, 4.69) is 52.9 Å². The van der Waals surface area contributed by atoms with E-state index in [-0.39, 0.29) is 11.8 Å². The number of hydrogen-bond acceptors (Lipinski definition) is 3. The quantitative estimate of drug-likeness (QED) is 0.798. The van der Waals surface area contributed by atoms with Crippen LogP contribution in [-0.2, 0) is 4.79 Å². The van der Waals surface area contributed by atoms with Crippen molar-refractivity contribution in [2.24, 2.45) is 11.8 Å². The molecule has 2 aromatic rings. The average molecular weight is 383 g/mol. The fourth-order valence-corrected chi connectivity index (χ4v) is 4.78. The molecule has 2 fully saturated rings. The van der Waals surface area contributed by atoms with Crippen molar-refractivity contribution in [2.75, 3.05) is 24.5 Å². The van der Waals surface area contributed by atoms with Crippen molar-refractivity contribution in [3.63, 3.8) is 0 Å². The largest absolute Gasteiger partial charge is 0.356 e. The van der Waals surface area contributed by atoms with Gasteiger partial charge in [-0.1, -0.05) is 38.8 Å². The van der Waals surface area contributed by atoms with E-state index >= 15 is 0 Å². The zero-order chi connectivity index (χ0) is 19.5. The van der Waals surface area contributed by atoms with E-state index in [1.165, 1.54) is 31.2 Å². The van der Waals surface area contributed by atoms with Gasteiger partial charge in [-0.2, -0.15) is 0 Å². The van der Waals surface area contributed by atoms with Crippen molar-refractivity contribution in [3.05, 3.63) is 24.3 Å². The molecule has 1 saturated carbocycles. The predicted octanol–water partition coefficient (Wildman–Crippen LogP) is 4.53. The van der Waals surface area contributed by atoms with Crippen molar-refractivity contribution in [1.82, 2.24) is 14.9 Å². The second-order valence-electron chi connectivity index (χ2n) is 8.97. The van der Waals surface area contributed by atoms with Crippen LogP contribution in [0.2, 0.25) is 0 Å². The summed E-state index contributed by atoms with van der Waals surface area (Å²) in [5.74, 6) is 1.98. The van der Waals surface area contributed by atoms with E-state index in [0.717, 1.165) is 50.4 Å². The first-order valence-electron chi connectivity index (χ1n) is 11.1. The Hall–Kier alpha value is -2.04. The Morgan fingerprint density at radius 3 is 2.75 bits per heavy atom. The number of benzene rings is 1. The van der Waals surface area contributed by atoms with Crippen LogP contribution in [0.4, 0.5) is 5.95 Å². The first-order valence-corrected chi connectivity index (χ1v) is 11.1. The lowest BCUT2D eigenvalue weighted by molar-refractivity contribution is -0.125. The van der Waals surface area contributed by atoms with Crippen LogP contribution in [0.1, 0.15) is 64.8 Å². The number of fused-ring (bicyclic) bond motifs is 1. The summed E-state index contributed by atoms with van der Waals surface area (Å²) in [4.78, 5) is 20.1. The maximum absolute atomic E-state index is 12.7. The number of carbonyl (C=O) groups excluding carboxylic acids is 1. The molecule has 28 heavy (non-hydrogen) atoms. The minimum absolute atomic E-state index is 0.0674. The number of imidazole rings is 1. The third kappa shape index (κ3) is 4.03. The van der Waals surface area contributed by atoms with Crippen molar-refractivity contribution in [2.45, 2.75) is 64.8 Å². The molecule has 1 atom stereocenters. The number of hydrogen-bond donors (Lipinski definition) is 1. The van der Waals surface area contributed by atoms with Crippen LogP contribution in [-0.4, -0.2) is 35.1 Å². The molecule has 1 aliphatic carbocycles. The van der Waals surface area contributed by atoms with Crippen LogP contribution in [0.25, 0.3) is 11.0 Å². The highest BCUT2D eigenvalue weighted by Gasteiger charge is 2.30. The van der Waals surface area contributed by atoms with Gasteiger partial charge < -0.3 is 14.8 Å². The normalized spacial score (nSPS) is 21.0. The topological polar surface area (TPSA) is 50.2 Å². The smallest absolute Gasteiger partial charge is 0.224 e. The van der Waals surface area contributed by atoms with E-state index in [1.54, 1.807) is 0 Å². The molecule has 1 aromatic heterocycles. The fourth-order valence-electron chi connectivity index (χ4n) is 4.78. The van der Waals surface area contributed by atoms with Gasteiger partial charge in [0.25, 0.3) is 0 Å². The summed E-state index contributed by atoms with van der Waals surface area (Å²) >= 11 is 0. The minimum Gasteiger partial charge on any atom is -0.356 e. The van der Waals surface area contributed by atoms with Crippen LogP contribution in [0, 0.1) is 11.8 Å². The molecule has 5 nitrogen and oxygen atoms in total. The lowest BCUT2D eigenvalue weighted by Crippen LogP contribution is -2.44. The third-order valence-electron chi connectivity index (χ3n) is 6.36. The molecule has 1 aromatic carbocycles. The van der Waals surface area contributed by atoms with Crippen LogP contribution < -0.4 is 10.2 Å². The summed E-state index contributed by atoms with van der Waals surface area (Å²) in [6, 6.07) is 9.04. The van der Waals surface area contributed by atoms with Gasteiger partial charge in [0.2, 0.25) is 11.9 Å². The molecular weight excluding hydrogens is 348 g/mol. The van der Waals surface area contributed by atoms with Crippen molar-refractivity contribution >= 4 is 22.9 Å². The Balaban J connectivity index is 1.54. The first kappa shape index (κ1) is 19.3. The molecule has 2 heterocycles. The summed E-state index contributed by atoms with van der Waals surface area (Å²) in [6.07, 6.45) is 8.15. The summed E-state index contributed by atoms with van der Waals surface area (Å²) in [6.45, 7) is 6.95. The number of nitrogens with one attached hydrogen (secondary N) is 1. The number of aromatic nitrogens is 2. The summed E-state index contributed by atoms with van der Waals surface area (Å²) in [5.41, 5.74) is 2.32. The number of nitrogens with zero attached hydrogens (tertiary/aromatic N) is 3. The number of amides is 1. The Labute approximate surface area is 168 Å². The zero-order valence-corrected chi connectivity index (χ0v) is 17.4. The maximum Gasteiger partial charge on any atom is 0.224 e. The van der Waals surface area contributed by atoms with Gasteiger partial charge in [0, 0.05) is 25.7 Å². The number of carbonyl (C=O) groups is 1. The van der Waals surface area contributed by atoms with Crippen molar-refractivity contribution in [1.29, 1.82) is 0 Å². The van der Waals surface area contributed by atoms with Crippen molar-refractivity contribution < 1.29 is 4.79 Å². The second-order valence-corrected chi connectivity index (χ2v) is 8.97. The highest BCUT2D eigenvalue weighted by atomic mass is 16.1. The van der Waals surface area contributed by atoms with Gasteiger partial charge in [-0.15, -0.1) is 0 Å². The monoisotopic (exact) mass is 382 g/mol. The van der Waals surface area contributed by atoms with E-state index < -0.39 is 0 Å². The Bertz CT molecular complexity index is 806. The fraction of sp³-hybridized carbons (Fsp3) is 0.652. The highest BCUT2D eigenvalue weighted by Crippen LogP contribution is 2.37. The summed E-state index contributed by atoms with van der Waals surface area (Å²) in [5, 5.41) is 3.16. The van der Waals surface area contributed by atoms with Crippen molar-refractivity contribution in [3.8, 4) is 0 Å². The lowest BCUT2D eigenvalue weighted by Gasteiger charge is -2.34. The Morgan fingerprint density at radius 2 is 1.96 bits per heavy atom. The molecule has 5 heteroatoms. The van der Waals surface area contributed by atoms with Gasteiger partial charge in [-0.3, -0.25) is 4.79 Å². The number of anilines is 1. The van der Waals surface area contributed by atoms with Crippen LogP contribution >= 0.6 is 0 Å². The Kier molecular flexibility index (Phi) is 5.88. The lowest BCUT2D eigenvalue weighted by atomic mass is 9.97. The molecule has 152 valence electrons. The highest BCUT2D eigenvalue weighted by molar-refractivity contribution is 5.81. The zero-order valence-electron chi connectivity index (χ0n) is 17.4. The summed E-state index contributed by atoms with van der Waals surface area (Å²) in [7, 11) is 0. The molecule has 0 unspecified atom stereocenters. The molecule has 0 bridgehead atoms. The SMILES string of the molecule is CC(C)CCNC(=O)[C@H]1CCCN(c2nc3ccccc3n2C2CCCC2)C1. The maximum atomic E-state index is 12.7. The van der Waals surface area contributed by atoms with Crippen LogP contribution in [0.15, 0.2) is 24.3 Å². The molecule has 1 aliphatic heterocycles. The number of rotatable bonds is 6. The average Bonchev–Trinajstić information content (AvgIpc) is 3.35. The molecule has 1 amide bonds. The standard InChI is InChI=1S/C23H34N4O/c1-17(2)13-14-24-22(28)18-8-7-15-26(16-18)23-25-20-11-5-6-12-21(20)27(23)19-9-3-4-10-19/h5-6,11-12,17-19H,3-4,7-10,13-16H2,1-2H3,(H,24,28)/t18-/m0/s1. The molecule has 0 spiro atoms. The van der Waals surface area contributed by atoms with Crippen LogP contribution in [0.5, 0.6) is 0 Å². The first-order chi connectivity index (χ1) is 13.6. The van der Waals surface area contributed by atoms with Gasteiger partial charge >= 0.3 is 0 Å². The van der Waals surface area contributed by atoms with Gasteiger partial charge in [0.15, 0.2) is 0 Å². The van der Waals surface area contributed by atoms with Gasteiger partial charge in [0.1, 0.15) is 0 Å². The van der Waals surface area contributed by atoms with Gasteiger partial charge in [-0.25, -0.2) is 4.98 Å². The van der Waals surface area contributed by atoms with E-state index in [1.807, 2.05) is 0 Å². The molecular formula is C23H34N4O. The molecule has 0 radical (unpaired) electrons. The Morgan fingerprint density at radius 1 is 1.18 bits per heavy atom. The van der Waals surface area contributed by atoms with E-state index in [0.29, 0.717) is 12.0 Å². The van der Waals surface area contributed by atoms with Gasteiger partial charge in [-0.05, 0) is 50.2 Å². The van der Waals surface area contributed by atoms with Crippen LogP contribution in [0.3, 0.4) is 0 Å². The van der Waals surface area contributed by atoms with E-state index in [4.69, 9.17) is 4.98 Å².